The number of carbonyl (C=O) groups is 1. The van der Waals surface area contributed by atoms with E-state index >= 15 is 0 Å². The van der Waals surface area contributed by atoms with Gasteiger partial charge < -0.3 is 10.0 Å². The van der Waals surface area contributed by atoms with Gasteiger partial charge in [-0.15, -0.1) is 0 Å². The van der Waals surface area contributed by atoms with Crippen molar-refractivity contribution in [3.8, 4) is 5.75 Å². The van der Waals surface area contributed by atoms with Crippen LogP contribution in [0.2, 0.25) is 0 Å². The minimum atomic E-state index is 0.203. The van der Waals surface area contributed by atoms with E-state index in [1.807, 2.05) is 25.1 Å². The Hall–Kier alpha value is -1.35. The van der Waals surface area contributed by atoms with E-state index in [1.54, 1.807) is 18.2 Å². The average molecular weight is 207 g/mol. The first-order valence-corrected chi connectivity index (χ1v) is 5.02. The van der Waals surface area contributed by atoms with Gasteiger partial charge in [-0.2, -0.15) is 0 Å². The Morgan fingerprint density at radius 2 is 2.13 bits per heavy atom. The lowest BCUT2D eigenvalue weighted by atomic mass is 10.1. The van der Waals surface area contributed by atoms with Crippen molar-refractivity contribution in [2.24, 2.45) is 0 Å². The molecule has 0 saturated heterocycles. The number of nitrogens with zero attached hydrogens (tertiary/aromatic N) is 1. The number of hydrogen-bond donors (Lipinski definition) is 1. The predicted molar refractivity (Wildman–Crippen MR) is 60.0 cm³/mol. The zero-order chi connectivity index (χ0) is 11.3. The highest BCUT2D eigenvalue weighted by Gasteiger charge is 2.04. The van der Waals surface area contributed by atoms with Crippen molar-refractivity contribution < 1.29 is 9.90 Å². The van der Waals surface area contributed by atoms with Crippen LogP contribution in [-0.2, 0) is 11.2 Å². The first-order valence-electron chi connectivity index (χ1n) is 5.02. The summed E-state index contributed by atoms with van der Waals surface area (Å²) in [5, 5.41) is 9.22. The van der Waals surface area contributed by atoms with E-state index in [1.165, 1.54) is 0 Å². The Kier molecular flexibility index (Phi) is 4.31. The molecule has 1 aromatic rings. The quantitative estimate of drug-likeness (QED) is 0.794. The van der Waals surface area contributed by atoms with Crippen molar-refractivity contribution in [1.82, 2.24) is 4.90 Å². The van der Waals surface area contributed by atoms with Crippen LogP contribution in [0.4, 0.5) is 0 Å². The summed E-state index contributed by atoms with van der Waals surface area (Å²) >= 11 is 0. The molecule has 3 heteroatoms. The zero-order valence-electron chi connectivity index (χ0n) is 9.23. The molecular weight excluding hydrogens is 190 g/mol. The number of hydrogen-bond acceptors (Lipinski definition) is 3. The van der Waals surface area contributed by atoms with Gasteiger partial charge in [0.05, 0.1) is 0 Å². The van der Waals surface area contributed by atoms with Crippen molar-refractivity contribution in [3.63, 3.8) is 0 Å². The largest absolute Gasteiger partial charge is 0.508 e. The maximum atomic E-state index is 11.5. The normalized spacial score (nSPS) is 10.6. The van der Waals surface area contributed by atoms with Crippen molar-refractivity contribution >= 4 is 5.78 Å². The van der Waals surface area contributed by atoms with Crippen LogP contribution in [-0.4, -0.2) is 36.4 Å². The molecule has 0 aromatic heterocycles. The van der Waals surface area contributed by atoms with E-state index < -0.39 is 0 Å². The van der Waals surface area contributed by atoms with Gasteiger partial charge in [0.25, 0.3) is 0 Å². The lowest BCUT2D eigenvalue weighted by molar-refractivity contribution is -0.118. The molecule has 0 amide bonds. The van der Waals surface area contributed by atoms with E-state index in [2.05, 4.69) is 0 Å². The number of ketones is 1. The molecule has 0 saturated carbocycles. The summed E-state index contributed by atoms with van der Waals surface area (Å²) in [5.41, 5.74) is 0.874. The molecule has 1 rings (SSSR count). The maximum Gasteiger partial charge on any atom is 0.138 e. The summed E-state index contributed by atoms with van der Waals surface area (Å²) < 4.78 is 0. The molecule has 3 nitrogen and oxygen atoms in total. The van der Waals surface area contributed by atoms with Gasteiger partial charge in [0.1, 0.15) is 11.5 Å². The van der Waals surface area contributed by atoms with Gasteiger partial charge in [0.15, 0.2) is 0 Å². The van der Waals surface area contributed by atoms with Crippen molar-refractivity contribution in [2.45, 2.75) is 12.8 Å². The molecule has 1 N–H and O–H groups in total. The number of rotatable bonds is 5. The van der Waals surface area contributed by atoms with Crippen LogP contribution in [0.3, 0.4) is 0 Å². The van der Waals surface area contributed by atoms with Crippen LogP contribution < -0.4 is 0 Å². The molecule has 0 aliphatic rings. The van der Waals surface area contributed by atoms with Crippen molar-refractivity contribution in [2.75, 3.05) is 20.6 Å². The molecule has 15 heavy (non-hydrogen) atoms. The topological polar surface area (TPSA) is 40.5 Å². The Balaban J connectivity index is 2.44. The van der Waals surface area contributed by atoms with Crippen LogP contribution in [0.25, 0.3) is 0 Å². The van der Waals surface area contributed by atoms with Gasteiger partial charge in [0, 0.05) is 19.4 Å². The standard InChI is InChI=1S/C12H17NO2/c1-13(2)7-6-12(15)9-10-4-3-5-11(14)8-10/h3-5,8,14H,6-7,9H2,1-2H3. The number of benzene rings is 1. The molecule has 1 aromatic carbocycles. The maximum absolute atomic E-state index is 11.5. The molecule has 0 unspecified atom stereocenters. The summed E-state index contributed by atoms with van der Waals surface area (Å²) in [6.07, 6.45) is 0.963. The number of carbonyl (C=O) groups excluding carboxylic acids is 1. The van der Waals surface area contributed by atoms with Crippen LogP contribution in [0.5, 0.6) is 5.75 Å². The molecule has 0 aliphatic carbocycles. The highest BCUT2D eigenvalue weighted by molar-refractivity contribution is 5.81. The first-order chi connectivity index (χ1) is 7.08. The van der Waals surface area contributed by atoms with Crippen LogP contribution in [0.1, 0.15) is 12.0 Å². The summed E-state index contributed by atoms with van der Waals surface area (Å²) in [6, 6.07) is 6.85. The van der Waals surface area contributed by atoms with Crippen molar-refractivity contribution in [3.05, 3.63) is 29.8 Å². The first kappa shape index (κ1) is 11.7. The second kappa shape index (κ2) is 5.51. The summed E-state index contributed by atoms with van der Waals surface area (Å²) in [5.74, 6) is 0.419. The molecule has 0 bridgehead atoms. The molecule has 0 aliphatic heterocycles. The average Bonchev–Trinajstić information content (AvgIpc) is 2.15. The van der Waals surface area contributed by atoms with Gasteiger partial charge in [-0.05, 0) is 31.8 Å². The summed E-state index contributed by atoms with van der Waals surface area (Å²) in [7, 11) is 3.89. The monoisotopic (exact) mass is 207 g/mol. The van der Waals surface area contributed by atoms with Gasteiger partial charge >= 0.3 is 0 Å². The van der Waals surface area contributed by atoms with Gasteiger partial charge in [-0.1, -0.05) is 12.1 Å². The van der Waals surface area contributed by atoms with E-state index in [0.29, 0.717) is 12.8 Å². The summed E-state index contributed by atoms with van der Waals surface area (Å²) in [4.78, 5) is 13.5. The molecule has 0 spiro atoms. The Morgan fingerprint density at radius 1 is 1.40 bits per heavy atom. The van der Waals surface area contributed by atoms with Crippen molar-refractivity contribution in [1.29, 1.82) is 0 Å². The lowest BCUT2D eigenvalue weighted by Gasteiger charge is -2.08. The lowest BCUT2D eigenvalue weighted by Crippen LogP contribution is -2.17. The Bertz CT molecular complexity index is 334. The molecule has 0 fully saturated rings. The Morgan fingerprint density at radius 3 is 2.73 bits per heavy atom. The SMILES string of the molecule is CN(C)CCC(=O)Cc1cccc(O)c1. The molecule has 0 atom stereocenters. The third-order valence-corrected chi connectivity index (χ3v) is 2.15. The van der Waals surface area contributed by atoms with Gasteiger partial charge in [-0.25, -0.2) is 0 Å². The van der Waals surface area contributed by atoms with Crippen LogP contribution in [0.15, 0.2) is 24.3 Å². The number of aromatic hydroxyl groups is 1. The second-order valence-corrected chi connectivity index (χ2v) is 3.94. The summed E-state index contributed by atoms with van der Waals surface area (Å²) in [6.45, 7) is 0.775. The molecular formula is C12H17NO2. The van der Waals surface area contributed by atoms with Crippen LogP contribution in [0, 0.1) is 0 Å². The third kappa shape index (κ3) is 4.61. The van der Waals surface area contributed by atoms with E-state index in [9.17, 15) is 9.90 Å². The minimum Gasteiger partial charge on any atom is -0.508 e. The van der Waals surface area contributed by atoms with Gasteiger partial charge in [-0.3, -0.25) is 4.79 Å². The Labute approximate surface area is 90.3 Å². The van der Waals surface area contributed by atoms with Gasteiger partial charge in [0.2, 0.25) is 0 Å². The van der Waals surface area contributed by atoms with E-state index in [-0.39, 0.29) is 11.5 Å². The minimum absolute atomic E-state index is 0.203. The number of phenols is 1. The van der Waals surface area contributed by atoms with Crippen LogP contribution >= 0.6 is 0 Å². The smallest absolute Gasteiger partial charge is 0.138 e. The molecule has 0 heterocycles. The fourth-order valence-corrected chi connectivity index (χ4v) is 1.33. The highest BCUT2D eigenvalue weighted by Crippen LogP contribution is 2.11. The number of phenolic OH excluding ortho intramolecular Hbond substituents is 1. The third-order valence-electron chi connectivity index (χ3n) is 2.15. The highest BCUT2D eigenvalue weighted by atomic mass is 16.3. The van der Waals surface area contributed by atoms with E-state index in [0.717, 1.165) is 12.1 Å². The fourth-order valence-electron chi connectivity index (χ4n) is 1.33. The predicted octanol–water partition coefficient (Wildman–Crippen LogP) is 1.46. The molecule has 0 radical (unpaired) electrons. The zero-order valence-corrected chi connectivity index (χ0v) is 9.23. The molecule has 82 valence electrons. The second-order valence-electron chi connectivity index (χ2n) is 3.94. The van der Waals surface area contributed by atoms with E-state index in [4.69, 9.17) is 0 Å². The fraction of sp³-hybridized carbons (Fsp3) is 0.417. The number of Topliss-reactive ketones (excluding diaryl/α,β-unsaturated/α-hetero) is 1.